The number of hydrogen-bond acceptors (Lipinski definition) is 4. The highest BCUT2D eigenvalue weighted by Crippen LogP contribution is 2.38. The largest absolute Gasteiger partial charge is 0.467 e. The lowest BCUT2D eigenvalue weighted by Crippen LogP contribution is -2.41. The summed E-state index contributed by atoms with van der Waals surface area (Å²) in [7, 11) is 0. The number of alkyl halides is 3. The van der Waals surface area contributed by atoms with E-state index in [1.165, 1.54) is 0 Å². The maximum Gasteiger partial charge on any atom is 0.335 e. The molecule has 0 saturated heterocycles. The van der Waals surface area contributed by atoms with Crippen LogP contribution < -0.4 is 0 Å². The molecule has 2 atom stereocenters. The Morgan fingerprint density at radius 3 is 2.55 bits per heavy atom. The number of nitrogens with zero attached hydrogens (tertiary/aromatic N) is 1. The molecule has 1 aliphatic heterocycles. The molecule has 1 heterocycles. The van der Waals surface area contributed by atoms with Crippen molar-refractivity contribution in [2.75, 3.05) is 6.61 Å². The zero-order chi connectivity index (χ0) is 14.8. The highest BCUT2D eigenvalue weighted by molar-refractivity contribution is 6.68. The Kier molecular flexibility index (Phi) is 4.78. The van der Waals surface area contributed by atoms with Gasteiger partial charge >= 0.3 is 5.97 Å². The van der Waals surface area contributed by atoms with Crippen molar-refractivity contribution in [3.63, 3.8) is 0 Å². The number of esters is 1. The molecule has 0 amide bonds. The van der Waals surface area contributed by atoms with E-state index in [1.54, 1.807) is 19.1 Å². The van der Waals surface area contributed by atoms with E-state index >= 15 is 0 Å². The molecule has 0 bridgehead atoms. The van der Waals surface area contributed by atoms with Crippen LogP contribution in [0, 0.1) is 0 Å². The summed E-state index contributed by atoms with van der Waals surface area (Å²) in [6.45, 7) is 1.91. The average molecular weight is 337 g/mol. The Morgan fingerprint density at radius 2 is 2.00 bits per heavy atom. The minimum absolute atomic E-state index is 0.220. The third-order valence-corrected chi connectivity index (χ3v) is 3.30. The summed E-state index contributed by atoms with van der Waals surface area (Å²) in [6, 6.07) is 8.10. The number of ether oxygens (including phenoxy) is 2. The summed E-state index contributed by atoms with van der Waals surface area (Å²) in [5, 5.41) is 0. The molecule has 0 fully saturated rings. The summed E-state index contributed by atoms with van der Waals surface area (Å²) in [5.41, 5.74) is 0.707. The molecule has 4 nitrogen and oxygen atoms in total. The predicted octanol–water partition coefficient (Wildman–Crippen LogP) is 3.13. The monoisotopic (exact) mass is 335 g/mol. The van der Waals surface area contributed by atoms with Gasteiger partial charge in [0.2, 0.25) is 9.69 Å². The highest BCUT2D eigenvalue weighted by atomic mass is 35.6. The number of halogens is 3. The molecule has 20 heavy (non-hydrogen) atoms. The topological polar surface area (TPSA) is 47.9 Å². The fraction of sp³-hybridized carbons (Fsp3) is 0.385. The maximum atomic E-state index is 11.9. The van der Waals surface area contributed by atoms with Crippen molar-refractivity contribution in [1.82, 2.24) is 0 Å². The Morgan fingerprint density at radius 1 is 1.35 bits per heavy atom. The van der Waals surface area contributed by atoms with E-state index in [0.717, 1.165) is 0 Å². The number of hydrogen-bond donors (Lipinski definition) is 0. The van der Waals surface area contributed by atoms with Crippen LogP contribution in [0.5, 0.6) is 0 Å². The van der Waals surface area contributed by atoms with Gasteiger partial charge in [-0.1, -0.05) is 53.0 Å². The van der Waals surface area contributed by atoms with Crippen molar-refractivity contribution < 1.29 is 14.3 Å². The lowest BCUT2D eigenvalue weighted by atomic mass is 10.2. The van der Waals surface area contributed by atoms with E-state index in [9.17, 15) is 4.79 Å². The van der Waals surface area contributed by atoms with E-state index in [4.69, 9.17) is 44.3 Å². The van der Waals surface area contributed by atoms with E-state index in [1.807, 2.05) is 18.2 Å². The molecule has 0 N–H and O–H groups in total. The van der Waals surface area contributed by atoms with Gasteiger partial charge in [-0.15, -0.1) is 0 Å². The van der Waals surface area contributed by atoms with Gasteiger partial charge in [0.1, 0.15) is 0 Å². The second kappa shape index (κ2) is 6.20. The molecular formula is C13H12Cl3NO3. The SMILES string of the molecule is CCOC(=O)[C@@H]1N=C(c2ccccc2)O[C@H]1C(Cl)(Cl)Cl. The lowest BCUT2D eigenvalue weighted by molar-refractivity contribution is -0.146. The van der Waals surface area contributed by atoms with Gasteiger partial charge in [-0.2, -0.15) is 0 Å². The minimum atomic E-state index is -1.78. The Hall–Kier alpha value is -0.970. The zero-order valence-corrected chi connectivity index (χ0v) is 12.8. The summed E-state index contributed by atoms with van der Waals surface area (Å²) >= 11 is 17.6. The van der Waals surface area contributed by atoms with E-state index in [-0.39, 0.29) is 12.5 Å². The van der Waals surface area contributed by atoms with Crippen molar-refractivity contribution in [3.8, 4) is 0 Å². The molecule has 108 valence electrons. The van der Waals surface area contributed by atoms with Crippen molar-refractivity contribution in [2.45, 2.75) is 22.9 Å². The number of carbonyl (C=O) groups is 1. The molecule has 0 saturated carbocycles. The van der Waals surface area contributed by atoms with Crippen LogP contribution in [0.4, 0.5) is 0 Å². The quantitative estimate of drug-likeness (QED) is 0.629. The van der Waals surface area contributed by atoms with Gasteiger partial charge in [-0.05, 0) is 19.1 Å². The van der Waals surface area contributed by atoms with Crippen LogP contribution in [0.1, 0.15) is 12.5 Å². The minimum Gasteiger partial charge on any atom is -0.467 e. The molecule has 1 aromatic carbocycles. The second-order valence-electron chi connectivity index (χ2n) is 4.08. The summed E-state index contributed by atoms with van der Waals surface area (Å²) in [5.74, 6) is -0.310. The number of carbonyl (C=O) groups excluding carboxylic acids is 1. The highest BCUT2D eigenvalue weighted by Gasteiger charge is 2.49. The van der Waals surface area contributed by atoms with E-state index in [0.29, 0.717) is 5.56 Å². The molecule has 0 unspecified atom stereocenters. The first kappa shape index (κ1) is 15.4. The Balaban J connectivity index is 2.29. The first-order valence-electron chi connectivity index (χ1n) is 5.96. The molecule has 0 spiro atoms. The number of aliphatic imine (C=N–C) groups is 1. The molecule has 0 radical (unpaired) electrons. The first-order chi connectivity index (χ1) is 9.43. The Labute approximate surface area is 131 Å². The normalized spacial score (nSPS) is 22.1. The molecule has 1 aromatic rings. The van der Waals surface area contributed by atoms with Gasteiger partial charge in [0.05, 0.1) is 6.61 Å². The fourth-order valence-corrected chi connectivity index (χ4v) is 2.27. The van der Waals surface area contributed by atoms with Crippen molar-refractivity contribution in [1.29, 1.82) is 0 Å². The van der Waals surface area contributed by atoms with Crippen LogP contribution >= 0.6 is 34.8 Å². The number of benzene rings is 1. The molecular weight excluding hydrogens is 325 g/mol. The molecule has 2 rings (SSSR count). The zero-order valence-electron chi connectivity index (χ0n) is 10.6. The van der Waals surface area contributed by atoms with Crippen molar-refractivity contribution >= 4 is 46.7 Å². The van der Waals surface area contributed by atoms with Gasteiger partial charge < -0.3 is 9.47 Å². The van der Waals surface area contributed by atoms with Crippen LogP contribution in [0.3, 0.4) is 0 Å². The second-order valence-corrected chi connectivity index (χ2v) is 6.45. The third kappa shape index (κ3) is 3.37. The van der Waals surface area contributed by atoms with E-state index in [2.05, 4.69) is 4.99 Å². The fourth-order valence-electron chi connectivity index (χ4n) is 1.78. The van der Waals surface area contributed by atoms with Crippen molar-refractivity contribution in [3.05, 3.63) is 35.9 Å². The average Bonchev–Trinajstić information content (AvgIpc) is 2.85. The standard InChI is InChI=1S/C13H12Cl3NO3/c1-2-19-12(18)9-10(13(14,15)16)20-11(17-9)8-6-4-3-5-7-8/h3-7,9-10H,2H2,1H3/t9-,10-/m1/s1. The lowest BCUT2D eigenvalue weighted by Gasteiger charge is -2.23. The molecule has 0 aliphatic carbocycles. The summed E-state index contributed by atoms with van der Waals surface area (Å²) < 4.78 is 8.70. The predicted molar refractivity (Wildman–Crippen MR) is 78.6 cm³/mol. The van der Waals surface area contributed by atoms with Crippen LogP contribution in [0.2, 0.25) is 0 Å². The first-order valence-corrected chi connectivity index (χ1v) is 7.10. The Bertz CT molecular complexity index is 513. The van der Waals surface area contributed by atoms with E-state index < -0.39 is 21.9 Å². The smallest absolute Gasteiger partial charge is 0.335 e. The number of rotatable bonds is 3. The van der Waals surface area contributed by atoms with Crippen LogP contribution in [-0.2, 0) is 14.3 Å². The van der Waals surface area contributed by atoms with Gasteiger partial charge in [0, 0.05) is 5.56 Å². The van der Waals surface area contributed by atoms with Crippen molar-refractivity contribution in [2.24, 2.45) is 4.99 Å². The van der Waals surface area contributed by atoms with Crippen LogP contribution in [0.15, 0.2) is 35.3 Å². The van der Waals surface area contributed by atoms with Crippen LogP contribution in [-0.4, -0.2) is 34.4 Å². The van der Waals surface area contributed by atoms with Gasteiger partial charge in [-0.3, -0.25) is 0 Å². The molecule has 0 aromatic heterocycles. The van der Waals surface area contributed by atoms with Gasteiger partial charge in [-0.25, -0.2) is 9.79 Å². The summed E-state index contributed by atoms with van der Waals surface area (Å²) in [4.78, 5) is 16.1. The molecule has 1 aliphatic rings. The maximum absolute atomic E-state index is 11.9. The van der Waals surface area contributed by atoms with Gasteiger partial charge in [0.15, 0.2) is 12.1 Å². The summed E-state index contributed by atoms with van der Waals surface area (Å²) in [6.07, 6.45) is -1.01. The molecule has 7 heteroatoms. The van der Waals surface area contributed by atoms with Gasteiger partial charge in [0.25, 0.3) is 0 Å². The van der Waals surface area contributed by atoms with Crippen LogP contribution in [0.25, 0.3) is 0 Å². The third-order valence-electron chi connectivity index (χ3n) is 2.65.